The lowest BCUT2D eigenvalue weighted by Gasteiger charge is -2.28. The number of aryl methyl sites for hydroxylation is 2. The fourth-order valence-corrected chi connectivity index (χ4v) is 5.33. The molecule has 1 fully saturated rings. The molecule has 2 aliphatic heterocycles. The molecule has 142 valence electrons. The van der Waals surface area contributed by atoms with Crippen molar-refractivity contribution in [3.8, 4) is 0 Å². The highest BCUT2D eigenvalue weighted by molar-refractivity contribution is 7.11. The molecule has 0 unspecified atom stereocenters. The van der Waals surface area contributed by atoms with Crippen LogP contribution in [0.2, 0.25) is 0 Å². The molecular formula is C24H25N3S. The first-order valence-electron chi connectivity index (χ1n) is 10.1. The second kappa shape index (κ2) is 7.90. The molecule has 1 aromatic carbocycles. The number of imidazole rings is 1. The summed E-state index contributed by atoms with van der Waals surface area (Å²) in [6.07, 6.45) is 12.0. The Morgan fingerprint density at radius 3 is 2.71 bits per heavy atom. The number of aromatic nitrogens is 2. The summed E-state index contributed by atoms with van der Waals surface area (Å²) in [6.45, 7) is 4.31. The Hall–Kier alpha value is -2.43. The smallest absolute Gasteiger partial charge is 0.141 e. The van der Waals surface area contributed by atoms with Gasteiger partial charge in [-0.15, -0.1) is 11.3 Å². The van der Waals surface area contributed by atoms with Crippen LogP contribution in [0.1, 0.15) is 34.7 Å². The number of nitrogens with zero attached hydrogens (tertiary/aromatic N) is 3. The molecule has 0 atom stereocenters. The zero-order valence-electron chi connectivity index (χ0n) is 16.1. The molecule has 0 N–H and O–H groups in total. The fraction of sp³-hybridized carbons (Fsp3) is 0.292. The van der Waals surface area contributed by atoms with Crippen molar-refractivity contribution in [2.75, 3.05) is 19.6 Å². The van der Waals surface area contributed by atoms with E-state index in [4.69, 9.17) is 4.98 Å². The highest BCUT2D eigenvalue weighted by atomic mass is 32.1. The van der Waals surface area contributed by atoms with Crippen LogP contribution in [-0.4, -0.2) is 34.1 Å². The summed E-state index contributed by atoms with van der Waals surface area (Å²) in [6, 6.07) is 12.9. The van der Waals surface area contributed by atoms with Crippen LogP contribution in [0.3, 0.4) is 0 Å². The monoisotopic (exact) mass is 387 g/mol. The second-order valence-corrected chi connectivity index (χ2v) is 8.48. The van der Waals surface area contributed by atoms with Gasteiger partial charge in [-0.2, -0.15) is 0 Å². The molecule has 3 nitrogen and oxygen atoms in total. The van der Waals surface area contributed by atoms with Gasteiger partial charge in [-0.3, -0.25) is 4.90 Å². The number of fused-ring (bicyclic) bond motifs is 2. The first kappa shape index (κ1) is 17.7. The number of hydrogen-bond acceptors (Lipinski definition) is 3. The van der Waals surface area contributed by atoms with E-state index in [-0.39, 0.29) is 0 Å². The lowest BCUT2D eigenvalue weighted by molar-refractivity contribution is 0.284. The van der Waals surface area contributed by atoms with E-state index in [1.165, 1.54) is 27.4 Å². The van der Waals surface area contributed by atoms with Crippen molar-refractivity contribution in [1.29, 1.82) is 0 Å². The van der Waals surface area contributed by atoms with Gasteiger partial charge in [0.2, 0.25) is 0 Å². The second-order valence-electron chi connectivity index (χ2n) is 7.56. The van der Waals surface area contributed by atoms with Crippen LogP contribution >= 0.6 is 11.3 Å². The Bertz CT molecular complexity index is 955. The molecule has 5 rings (SSSR count). The van der Waals surface area contributed by atoms with Crippen LogP contribution in [0.25, 0.3) is 11.6 Å². The summed E-state index contributed by atoms with van der Waals surface area (Å²) in [5.74, 6) is 1.17. The van der Waals surface area contributed by atoms with Crippen LogP contribution in [0, 0.1) is 0 Å². The van der Waals surface area contributed by atoms with E-state index in [0.29, 0.717) is 0 Å². The number of likely N-dealkylation sites (tertiary alicyclic amines) is 1. The maximum atomic E-state index is 4.74. The van der Waals surface area contributed by atoms with Gasteiger partial charge in [0.1, 0.15) is 5.82 Å². The molecule has 0 aliphatic carbocycles. The Labute approximate surface area is 170 Å². The largest absolute Gasteiger partial charge is 0.331 e. The predicted octanol–water partition coefficient (Wildman–Crippen LogP) is 5.11. The number of benzene rings is 1. The first-order chi connectivity index (χ1) is 13.9. The average molecular weight is 388 g/mol. The highest BCUT2D eigenvalue weighted by Gasteiger charge is 2.25. The standard InChI is InChI=1S/C24H25N3S/c1-2-5-19(6-3-1)7-4-13-26-14-8-20(9-15-26)22-23-21(11-18-28-23)10-16-27-17-12-25-24(22)27/h1-7,11-12,17-18H,8-10,13-16H2. The summed E-state index contributed by atoms with van der Waals surface area (Å²) in [5.41, 5.74) is 5.78. The molecular weight excluding hydrogens is 362 g/mol. The maximum Gasteiger partial charge on any atom is 0.141 e. The van der Waals surface area contributed by atoms with E-state index in [1.807, 2.05) is 17.5 Å². The van der Waals surface area contributed by atoms with E-state index >= 15 is 0 Å². The van der Waals surface area contributed by atoms with Gasteiger partial charge in [-0.25, -0.2) is 4.98 Å². The number of hydrogen-bond donors (Lipinski definition) is 0. The van der Waals surface area contributed by atoms with E-state index in [9.17, 15) is 0 Å². The Morgan fingerprint density at radius 1 is 1.00 bits per heavy atom. The molecule has 2 aromatic heterocycles. The van der Waals surface area contributed by atoms with Crippen LogP contribution in [-0.2, 0) is 13.0 Å². The van der Waals surface area contributed by atoms with Crippen molar-refractivity contribution in [2.45, 2.75) is 25.8 Å². The Morgan fingerprint density at radius 2 is 1.86 bits per heavy atom. The van der Waals surface area contributed by atoms with Gasteiger partial charge in [-0.05, 0) is 41.8 Å². The molecule has 28 heavy (non-hydrogen) atoms. The summed E-state index contributed by atoms with van der Waals surface area (Å²) in [4.78, 5) is 8.75. The zero-order valence-corrected chi connectivity index (χ0v) is 16.9. The highest BCUT2D eigenvalue weighted by Crippen LogP contribution is 2.38. The number of rotatable bonds is 3. The molecule has 4 heterocycles. The van der Waals surface area contributed by atoms with Crippen molar-refractivity contribution in [1.82, 2.24) is 14.5 Å². The Kier molecular flexibility index (Phi) is 4.98. The minimum absolute atomic E-state index is 1.02. The predicted molar refractivity (Wildman–Crippen MR) is 117 cm³/mol. The van der Waals surface area contributed by atoms with Gasteiger partial charge in [0.05, 0.1) is 0 Å². The minimum Gasteiger partial charge on any atom is -0.331 e. The molecule has 0 spiro atoms. The lowest BCUT2D eigenvalue weighted by Crippen LogP contribution is -2.31. The molecule has 0 saturated carbocycles. The van der Waals surface area contributed by atoms with E-state index in [2.05, 4.69) is 69.6 Å². The molecule has 0 radical (unpaired) electrons. The van der Waals surface area contributed by atoms with Crippen LogP contribution in [0.4, 0.5) is 0 Å². The molecule has 4 heteroatoms. The summed E-state index contributed by atoms with van der Waals surface area (Å²) in [7, 11) is 0. The lowest BCUT2D eigenvalue weighted by atomic mass is 9.95. The molecule has 3 aromatic rings. The zero-order chi connectivity index (χ0) is 18.8. The minimum atomic E-state index is 1.02. The fourth-order valence-electron chi connectivity index (χ4n) is 4.29. The molecule has 1 saturated heterocycles. The van der Waals surface area contributed by atoms with E-state index in [1.54, 1.807) is 5.57 Å². The van der Waals surface area contributed by atoms with Crippen molar-refractivity contribution in [3.05, 3.63) is 87.6 Å². The van der Waals surface area contributed by atoms with Gasteiger partial charge < -0.3 is 4.57 Å². The third-order valence-electron chi connectivity index (χ3n) is 5.82. The maximum absolute atomic E-state index is 4.74. The SMILES string of the molecule is C(=Cc1ccccc1)CN1CCC(=C2c3sccc3CCn3ccnc32)CC1. The molecule has 2 aliphatic rings. The third kappa shape index (κ3) is 3.50. The van der Waals surface area contributed by atoms with E-state index < -0.39 is 0 Å². The molecule has 0 amide bonds. The summed E-state index contributed by atoms with van der Waals surface area (Å²) in [5, 5.41) is 2.24. The topological polar surface area (TPSA) is 21.1 Å². The first-order valence-corrected chi connectivity index (χ1v) is 11.0. The van der Waals surface area contributed by atoms with Crippen LogP contribution < -0.4 is 0 Å². The normalized spacial score (nSPS) is 17.6. The van der Waals surface area contributed by atoms with Crippen molar-refractivity contribution >= 4 is 23.0 Å². The van der Waals surface area contributed by atoms with Gasteiger partial charge in [0.25, 0.3) is 0 Å². The van der Waals surface area contributed by atoms with Gasteiger partial charge in [0.15, 0.2) is 0 Å². The third-order valence-corrected chi connectivity index (χ3v) is 6.80. The van der Waals surface area contributed by atoms with Crippen molar-refractivity contribution < 1.29 is 0 Å². The van der Waals surface area contributed by atoms with Crippen LogP contribution in [0.5, 0.6) is 0 Å². The van der Waals surface area contributed by atoms with Gasteiger partial charge >= 0.3 is 0 Å². The van der Waals surface area contributed by atoms with Gasteiger partial charge in [-0.1, -0.05) is 48.1 Å². The van der Waals surface area contributed by atoms with Crippen molar-refractivity contribution in [2.24, 2.45) is 0 Å². The number of thiophene rings is 1. The number of piperidine rings is 1. The van der Waals surface area contributed by atoms with Crippen LogP contribution in [0.15, 0.2) is 65.8 Å². The summed E-state index contributed by atoms with van der Waals surface area (Å²) >= 11 is 1.88. The molecule has 0 bridgehead atoms. The van der Waals surface area contributed by atoms with Gasteiger partial charge in [0, 0.05) is 49.0 Å². The summed E-state index contributed by atoms with van der Waals surface area (Å²) < 4.78 is 2.34. The van der Waals surface area contributed by atoms with Crippen molar-refractivity contribution in [3.63, 3.8) is 0 Å². The Balaban J connectivity index is 1.33. The average Bonchev–Trinajstić information content (AvgIpc) is 3.36. The van der Waals surface area contributed by atoms with E-state index in [0.717, 1.165) is 45.4 Å². The quantitative estimate of drug-likeness (QED) is 0.622.